The van der Waals surface area contributed by atoms with Crippen molar-refractivity contribution in [2.75, 3.05) is 26.4 Å². The van der Waals surface area contributed by atoms with Crippen molar-refractivity contribution in [2.45, 2.75) is 32.0 Å². The van der Waals surface area contributed by atoms with Gasteiger partial charge >= 0.3 is 0 Å². The van der Waals surface area contributed by atoms with Crippen molar-refractivity contribution in [1.82, 2.24) is 15.2 Å². The van der Waals surface area contributed by atoms with Crippen LogP contribution in [-0.2, 0) is 17.8 Å². The first kappa shape index (κ1) is 20.8. The Morgan fingerprint density at radius 1 is 1.16 bits per heavy atom. The summed E-state index contributed by atoms with van der Waals surface area (Å²) in [5.74, 6) is 2.09. The van der Waals surface area contributed by atoms with Gasteiger partial charge in [0.15, 0.2) is 16.6 Å². The Kier molecular flexibility index (Phi) is 6.00. The average Bonchev–Trinajstić information content (AvgIpc) is 3.50. The first-order valence-corrected chi connectivity index (χ1v) is 11.2. The normalized spacial score (nSPS) is 17.4. The third-order valence-corrected chi connectivity index (χ3v) is 6.07. The molecule has 3 aromatic rings. The van der Waals surface area contributed by atoms with E-state index in [0.29, 0.717) is 60.5 Å². The number of benzene rings is 1. The molecule has 32 heavy (non-hydrogen) atoms. The number of rotatable bonds is 6. The van der Waals surface area contributed by atoms with E-state index in [-0.39, 0.29) is 11.7 Å². The summed E-state index contributed by atoms with van der Waals surface area (Å²) < 4.78 is 22.5. The van der Waals surface area contributed by atoms with Crippen molar-refractivity contribution in [3.8, 4) is 11.5 Å². The number of nitrogens with one attached hydrogen (secondary N) is 2. The molecular weight excluding hydrogens is 430 g/mol. The smallest absolute Gasteiger partial charge is 0.253 e. The Morgan fingerprint density at radius 3 is 2.75 bits per heavy atom. The molecule has 2 N–H and O–H groups in total. The van der Waals surface area contributed by atoms with Crippen molar-refractivity contribution >= 4 is 28.2 Å². The Labute approximate surface area is 190 Å². The fourth-order valence-electron chi connectivity index (χ4n) is 4.02. The highest BCUT2D eigenvalue weighted by Gasteiger charge is 2.20. The van der Waals surface area contributed by atoms with Gasteiger partial charge in [-0.3, -0.25) is 4.79 Å². The molecule has 2 aliphatic heterocycles. The maximum atomic E-state index is 12.9. The van der Waals surface area contributed by atoms with Crippen LogP contribution < -0.4 is 20.3 Å². The van der Waals surface area contributed by atoms with Crippen LogP contribution in [0.1, 0.15) is 24.2 Å². The van der Waals surface area contributed by atoms with Crippen LogP contribution in [0.3, 0.4) is 0 Å². The minimum absolute atomic E-state index is 0.163. The summed E-state index contributed by atoms with van der Waals surface area (Å²) in [5.41, 5.74) is 1.14. The number of hydrogen-bond donors (Lipinski definition) is 2. The van der Waals surface area contributed by atoms with Gasteiger partial charge in [-0.15, -0.1) is 0 Å². The number of aromatic amines is 1. The second-order valence-electron chi connectivity index (χ2n) is 7.96. The number of thiocarbonyl (C=S) groups is 1. The van der Waals surface area contributed by atoms with E-state index in [2.05, 4.69) is 10.3 Å². The highest BCUT2D eigenvalue weighted by atomic mass is 32.1. The second kappa shape index (κ2) is 9.22. The van der Waals surface area contributed by atoms with Crippen LogP contribution in [0.25, 0.3) is 10.9 Å². The average molecular weight is 456 g/mol. The quantitative estimate of drug-likeness (QED) is 0.549. The maximum Gasteiger partial charge on any atom is 0.253 e. The molecule has 1 aromatic carbocycles. The number of fused-ring (bicyclic) bond motifs is 2. The molecule has 0 amide bonds. The predicted octanol–water partition coefficient (Wildman–Crippen LogP) is 2.95. The summed E-state index contributed by atoms with van der Waals surface area (Å²) in [6, 6.07) is 9.32. The molecule has 0 spiro atoms. The SMILES string of the molecule is O=c1[nH]c2cc3c(cc2cc1CN(Cc1ccco1)C(=S)NC[C@@H]1CCCO1)OCCO3. The number of nitrogens with zero attached hydrogens (tertiary/aromatic N) is 1. The lowest BCUT2D eigenvalue weighted by Gasteiger charge is -2.26. The molecule has 0 radical (unpaired) electrons. The van der Waals surface area contributed by atoms with Crippen molar-refractivity contribution in [3.05, 3.63) is 58.3 Å². The Hall–Kier alpha value is -3.04. The summed E-state index contributed by atoms with van der Waals surface area (Å²) >= 11 is 5.67. The molecule has 1 atom stereocenters. The molecule has 4 heterocycles. The fourth-order valence-corrected chi connectivity index (χ4v) is 4.23. The van der Waals surface area contributed by atoms with Gasteiger partial charge in [0.25, 0.3) is 5.56 Å². The van der Waals surface area contributed by atoms with Gasteiger partial charge in [0, 0.05) is 30.2 Å². The molecule has 9 heteroatoms. The third-order valence-electron chi connectivity index (χ3n) is 5.66. The van der Waals surface area contributed by atoms with Gasteiger partial charge in [-0.05, 0) is 49.3 Å². The number of H-pyrrole nitrogens is 1. The van der Waals surface area contributed by atoms with Gasteiger partial charge in [-0.25, -0.2) is 0 Å². The molecule has 1 fully saturated rings. The van der Waals surface area contributed by atoms with Gasteiger partial charge in [-0.2, -0.15) is 0 Å². The highest BCUT2D eigenvalue weighted by molar-refractivity contribution is 7.80. The van der Waals surface area contributed by atoms with Crippen molar-refractivity contribution in [2.24, 2.45) is 0 Å². The highest BCUT2D eigenvalue weighted by Crippen LogP contribution is 2.33. The molecule has 1 saturated heterocycles. The van der Waals surface area contributed by atoms with E-state index in [1.165, 1.54) is 0 Å². The van der Waals surface area contributed by atoms with Gasteiger partial charge in [0.2, 0.25) is 0 Å². The van der Waals surface area contributed by atoms with Crippen LogP contribution in [0.15, 0.2) is 45.8 Å². The zero-order valence-electron chi connectivity index (χ0n) is 17.6. The number of ether oxygens (including phenoxy) is 3. The molecule has 0 unspecified atom stereocenters. The third kappa shape index (κ3) is 4.58. The Morgan fingerprint density at radius 2 is 2.00 bits per heavy atom. The van der Waals surface area contributed by atoms with E-state index in [4.69, 9.17) is 30.8 Å². The van der Waals surface area contributed by atoms with E-state index in [9.17, 15) is 4.79 Å². The largest absolute Gasteiger partial charge is 0.486 e. The number of furan rings is 1. The van der Waals surface area contributed by atoms with Gasteiger partial charge < -0.3 is 33.8 Å². The van der Waals surface area contributed by atoms with E-state index < -0.39 is 0 Å². The fraction of sp³-hybridized carbons (Fsp3) is 0.391. The van der Waals surface area contributed by atoms with Crippen molar-refractivity contribution < 1.29 is 18.6 Å². The van der Waals surface area contributed by atoms with Crippen LogP contribution in [-0.4, -0.2) is 47.5 Å². The monoisotopic (exact) mass is 455 g/mol. The number of aromatic nitrogens is 1. The predicted molar refractivity (Wildman–Crippen MR) is 123 cm³/mol. The van der Waals surface area contributed by atoms with E-state index in [1.54, 1.807) is 6.26 Å². The lowest BCUT2D eigenvalue weighted by Crippen LogP contribution is -2.42. The Balaban J connectivity index is 1.39. The van der Waals surface area contributed by atoms with Gasteiger partial charge in [0.05, 0.1) is 31.0 Å². The second-order valence-corrected chi connectivity index (χ2v) is 8.35. The first-order valence-electron chi connectivity index (χ1n) is 10.8. The van der Waals surface area contributed by atoms with E-state index >= 15 is 0 Å². The minimum Gasteiger partial charge on any atom is -0.486 e. The summed E-state index contributed by atoms with van der Waals surface area (Å²) in [7, 11) is 0. The van der Waals surface area contributed by atoms with Crippen LogP contribution in [0.4, 0.5) is 0 Å². The summed E-state index contributed by atoms with van der Waals surface area (Å²) in [4.78, 5) is 17.8. The topological polar surface area (TPSA) is 89.0 Å². The van der Waals surface area contributed by atoms with E-state index in [1.807, 2.05) is 35.2 Å². The Bertz CT molecular complexity index is 1150. The summed E-state index contributed by atoms with van der Waals surface area (Å²) in [6.45, 7) is 3.22. The summed E-state index contributed by atoms with van der Waals surface area (Å²) in [6.07, 6.45) is 3.88. The van der Waals surface area contributed by atoms with Gasteiger partial charge in [0.1, 0.15) is 19.0 Å². The maximum absolute atomic E-state index is 12.9. The lowest BCUT2D eigenvalue weighted by molar-refractivity contribution is 0.113. The number of pyridine rings is 1. The van der Waals surface area contributed by atoms with E-state index in [0.717, 1.165) is 30.6 Å². The molecule has 168 valence electrons. The zero-order valence-corrected chi connectivity index (χ0v) is 18.4. The first-order chi connectivity index (χ1) is 15.7. The molecule has 2 aliphatic rings. The van der Waals surface area contributed by atoms with Crippen molar-refractivity contribution in [1.29, 1.82) is 0 Å². The molecule has 2 aromatic heterocycles. The molecule has 0 bridgehead atoms. The molecule has 8 nitrogen and oxygen atoms in total. The van der Waals surface area contributed by atoms with Crippen LogP contribution >= 0.6 is 12.2 Å². The van der Waals surface area contributed by atoms with Crippen LogP contribution in [0, 0.1) is 0 Å². The molecule has 0 saturated carbocycles. The lowest BCUT2D eigenvalue weighted by atomic mass is 10.1. The van der Waals surface area contributed by atoms with Crippen LogP contribution in [0.2, 0.25) is 0 Å². The summed E-state index contributed by atoms with van der Waals surface area (Å²) in [5, 5.41) is 4.73. The number of hydrogen-bond acceptors (Lipinski definition) is 6. The molecule has 0 aliphatic carbocycles. The molecule has 5 rings (SSSR count). The molecular formula is C23H25N3O5S. The van der Waals surface area contributed by atoms with Gasteiger partial charge in [-0.1, -0.05) is 0 Å². The standard InChI is InChI=1S/C23H25N3O5S/c27-22-16(9-15-10-20-21(11-19(15)25-22)31-8-7-30-20)13-26(14-18-4-2-6-29-18)23(32)24-12-17-3-1-5-28-17/h2,4,6,9-11,17H,1,3,5,7-8,12-14H2,(H,24,32)(H,25,27)/t17-/m0/s1. The van der Waals surface area contributed by atoms with Crippen LogP contribution in [0.5, 0.6) is 11.5 Å². The zero-order chi connectivity index (χ0) is 21.9. The minimum atomic E-state index is -0.166. The van der Waals surface area contributed by atoms with Crippen molar-refractivity contribution in [3.63, 3.8) is 0 Å².